The molecule has 1 aromatic heterocycles. The molecule has 0 spiro atoms. The lowest BCUT2D eigenvalue weighted by atomic mass is 9.91. The Labute approximate surface area is 175 Å². The van der Waals surface area contributed by atoms with Crippen molar-refractivity contribution in [3.63, 3.8) is 0 Å². The van der Waals surface area contributed by atoms with Crippen LogP contribution in [-0.4, -0.2) is 23.3 Å². The van der Waals surface area contributed by atoms with Crippen LogP contribution in [0.1, 0.15) is 34.3 Å². The van der Waals surface area contributed by atoms with Crippen LogP contribution in [0.15, 0.2) is 85.1 Å². The number of hydrogen-bond donors (Lipinski definition) is 3. The Morgan fingerprint density at radius 3 is 2.33 bits per heavy atom. The van der Waals surface area contributed by atoms with Gasteiger partial charge in [-0.1, -0.05) is 48.5 Å². The van der Waals surface area contributed by atoms with Gasteiger partial charge in [0.1, 0.15) is 0 Å². The molecular weight excluding hydrogens is 374 g/mol. The Hall–Kier alpha value is -3.86. The highest BCUT2D eigenvalue weighted by atomic mass is 16.2. The van der Waals surface area contributed by atoms with E-state index in [1.807, 2.05) is 36.5 Å². The van der Waals surface area contributed by atoms with Gasteiger partial charge in [0.2, 0.25) is 5.91 Å². The lowest BCUT2D eigenvalue weighted by Gasteiger charge is -2.18. The summed E-state index contributed by atoms with van der Waals surface area (Å²) in [6.45, 7) is 1.92. The second-order valence-corrected chi connectivity index (χ2v) is 7.22. The molecule has 3 aromatic carbocycles. The van der Waals surface area contributed by atoms with Crippen LogP contribution in [0.5, 0.6) is 0 Å². The van der Waals surface area contributed by atoms with Gasteiger partial charge in [-0.25, -0.2) is 0 Å². The van der Waals surface area contributed by atoms with Crippen molar-refractivity contribution in [2.45, 2.75) is 12.8 Å². The molecule has 4 rings (SSSR count). The van der Waals surface area contributed by atoms with Crippen LogP contribution in [0.25, 0.3) is 10.9 Å². The first kappa shape index (κ1) is 19.5. The van der Waals surface area contributed by atoms with Gasteiger partial charge in [-0.05, 0) is 41.5 Å². The molecule has 1 heterocycles. The number of hydrogen-bond acceptors (Lipinski definition) is 2. The van der Waals surface area contributed by atoms with E-state index in [4.69, 9.17) is 0 Å². The minimum atomic E-state index is -0.148. The first-order chi connectivity index (χ1) is 14.6. The molecule has 0 fully saturated rings. The molecule has 1 unspecified atom stereocenters. The molecule has 4 aromatic rings. The molecule has 5 nitrogen and oxygen atoms in total. The zero-order chi connectivity index (χ0) is 20.9. The van der Waals surface area contributed by atoms with E-state index in [1.165, 1.54) is 6.92 Å². The van der Waals surface area contributed by atoms with Gasteiger partial charge >= 0.3 is 0 Å². The van der Waals surface area contributed by atoms with E-state index in [-0.39, 0.29) is 17.7 Å². The fraction of sp³-hybridized carbons (Fsp3) is 0.120. The Morgan fingerprint density at radius 1 is 0.900 bits per heavy atom. The van der Waals surface area contributed by atoms with Gasteiger partial charge in [0.05, 0.1) is 0 Å². The molecule has 30 heavy (non-hydrogen) atoms. The lowest BCUT2D eigenvalue weighted by molar-refractivity contribution is -0.114. The van der Waals surface area contributed by atoms with Gasteiger partial charge in [-0.3, -0.25) is 9.59 Å². The second-order valence-electron chi connectivity index (χ2n) is 7.22. The number of benzene rings is 3. The van der Waals surface area contributed by atoms with Crippen LogP contribution in [0.4, 0.5) is 5.69 Å². The molecule has 0 saturated carbocycles. The summed E-state index contributed by atoms with van der Waals surface area (Å²) in [6.07, 6.45) is 2.02. The SMILES string of the molecule is CC(=O)Nc1ccc(C(=O)NCC(c2ccccc2)c2c[nH]c3ccccc23)cc1. The summed E-state index contributed by atoms with van der Waals surface area (Å²) >= 11 is 0. The molecule has 0 saturated heterocycles. The first-order valence-corrected chi connectivity index (χ1v) is 9.88. The number of aromatic amines is 1. The fourth-order valence-electron chi connectivity index (χ4n) is 3.68. The number of amides is 2. The number of rotatable bonds is 6. The van der Waals surface area contributed by atoms with Gasteiger partial charge in [-0.15, -0.1) is 0 Å². The second kappa shape index (κ2) is 8.66. The largest absolute Gasteiger partial charge is 0.361 e. The van der Waals surface area contributed by atoms with E-state index >= 15 is 0 Å². The molecule has 0 aliphatic rings. The molecule has 150 valence electrons. The van der Waals surface area contributed by atoms with Gasteiger partial charge < -0.3 is 15.6 Å². The summed E-state index contributed by atoms with van der Waals surface area (Å²) in [6, 6.07) is 25.2. The number of nitrogens with one attached hydrogen (secondary N) is 3. The third-order valence-corrected chi connectivity index (χ3v) is 5.13. The highest BCUT2D eigenvalue weighted by molar-refractivity contribution is 5.95. The average molecular weight is 397 g/mol. The summed E-state index contributed by atoms with van der Waals surface area (Å²) in [5, 5.41) is 6.93. The van der Waals surface area contributed by atoms with Crippen LogP contribution >= 0.6 is 0 Å². The van der Waals surface area contributed by atoms with E-state index in [9.17, 15) is 9.59 Å². The predicted octanol–water partition coefficient (Wildman–Crippen LogP) is 4.69. The third-order valence-electron chi connectivity index (χ3n) is 5.13. The molecule has 3 N–H and O–H groups in total. The molecule has 0 radical (unpaired) electrons. The van der Waals surface area contributed by atoms with Crippen molar-refractivity contribution in [3.05, 3.63) is 102 Å². The number of para-hydroxylation sites is 1. The predicted molar refractivity (Wildman–Crippen MR) is 120 cm³/mol. The summed E-state index contributed by atoms with van der Waals surface area (Å²) in [7, 11) is 0. The number of aromatic nitrogens is 1. The summed E-state index contributed by atoms with van der Waals surface area (Å²) < 4.78 is 0. The fourth-order valence-corrected chi connectivity index (χ4v) is 3.68. The first-order valence-electron chi connectivity index (χ1n) is 9.88. The van der Waals surface area contributed by atoms with Crippen LogP contribution in [0, 0.1) is 0 Å². The maximum absolute atomic E-state index is 12.7. The number of anilines is 1. The summed E-state index contributed by atoms with van der Waals surface area (Å²) in [4.78, 5) is 27.2. The molecule has 1 atom stereocenters. The average Bonchev–Trinajstić information content (AvgIpc) is 3.19. The Morgan fingerprint density at radius 2 is 1.60 bits per heavy atom. The van der Waals surface area contributed by atoms with E-state index in [1.54, 1.807) is 24.3 Å². The Kier molecular flexibility index (Phi) is 5.61. The van der Waals surface area contributed by atoms with Crippen LogP contribution < -0.4 is 10.6 Å². The molecule has 0 aliphatic heterocycles. The van der Waals surface area contributed by atoms with Crippen LogP contribution in [0.2, 0.25) is 0 Å². The van der Waals surface area contributed by atoms with Crippen LogP contribution in [-0.2, 0) is 4.79 Å². The quantitative estimate of drug-likeness (QED) is 0.442. The van der Waals surface area contributed by atoms with Gasteiger partial charge in [0, 0.05) is 47.7 Å². The minimum absolute atomic E-state index is 0.0185. The maximum Gasteiger partial charge on any atom is 0.251 e. The Bertz CT molecular complexity index is 1160. The highest BCUT2D eigenvalue weighted by Gasteiger charge is 2.19. The van der Waals surface area contributed by atoms with E-state index in [2.05, 4.69) is 39.9 Å². The molecule has 0 aliphatic carbocycles. The highest BCUT2D eigenvalue weighted by Crippen LogP contribution is 2.30. The molecule has 5 heteroatoms. The van der Waals surface area contributed by atoms with Crippen molar-refractivity contribution >= 4 is 28.4 Å². The Balaban J connectivity index is 1.55. The van der Waals surface area contributed by atoms with Crippen molar-refractivity contribution < 1.29 is 9.59 Å². The third kappa shape index (κ3) is 4.25. The van der Waals surface area contributed by atoms with Crippen molar-refractivity contribution in [1.82, 2.24) is 10.3 Å². The van der Waals surface area contributed by atoms with Crippen molar-refractivity contribution in [2.75, 3.05) is 11.9 Å². The van der Waals surface area contributed by atoms with Crippen molar-refractivity contribution in [1.29, 1.82) is 0 Å². The molecule has 0 bridgehead atoms. The number of fused-ring (bicyclic) bond motifs is 1. The van der Waals surface area contributed by atoms with Gasteiger partial charge in [-0.2, -0.15) is 0 Å². The summed E-state index contributed by atoms with van der Waals surface area (Å²) in [5.74, 6) is -0.272. The number of H-pyrrole nitrogens is 1. The van der Waals surface area contributed by atoms with Crippen molar-refractivity contribution in [2.24, 2.45) is 0 Å². The maximum atomic E-state index is 12.7. The zero-order valence-electron chi connectivity index (χ0n) is 16.7. The smallest absolute Gasteiger partial charge is 0.251 e. The van der Waals surface area contributed by atoms with E-state index in [0.29, 0.717) is 17.8 Å². The minimum Gasteiger partial charge on any atom is -0.361 e. The molecular formula is C25H23N3O2. The van der Waals surface area contributed by atoms with Gasteiger partial charge in [0.25, 0.3) is 5.91 Å². The monoisotopic (exact) mass is 397 g/mol. The standard InChI is InChI=1S/C25H23N3O2/c1-17(29)28-20-13-11-19(12-14-20)25(30)27-15-22(18-7-3-2-4-8-18)23-16-26-24-10-6-5-9-21(23)24/h2-14,16,22,26H,15H2,1H3,(H,27,30)(H,28,29). The summed E-state index contributed by atoms with van der Waals surface area (Å²) in [5.41, 5.74) is 4.59. The van der Waals surface area contributed by atoms with E-state index in [0.717, 1.165) is 22.0 Å². The zero-order valence-corrected chi connectivity index (χ0v) is 16.7. The van der Waals surface area contributed by atoms with Crippen LogP contribution in [0.3, 0.4) is 0 Å². The number of carbonyl (C=O) groups excluding carboxylic acids is 2. The van der Waals surface area contributed by atoms with Crippen molar-refractivity contribution in [3.8, 4) is 0 Å². The van der Waals surface area contributed by atoms with Gasteiger partial charge in [0.15, 0.2) is 0 Å². The normalized spacial score (nSPS) is 11.8. The lowest BCUT2D eigenvalue weighted by Crippen LogP contribution is -2.28. The topological polar surface area (TPSA) is 74.0 Å². The number of carbonyl (C=O) groups is 2. The van der Waals surface area contributed by atoms with E-state index < -0.39 is 0 Å². The molecule has 2 amide bonds.